The molecule has 2 aromatic rings. The Morgan fingerprint density at radius 1 is 1.00 bits per heavy atom. The van der Waals surface area contributed by atoms with E-state index in [1.165, 1.54) is 18.1 Å². The maximum absolute atomic E-state index is 12.1. The zero-order valence-electron chi connectivity index (χ0n) is 15.0. The van der Waals surface area contributed by atoms with Gasteiger partial charge < -0.3 is 19.1 Å². The van der Waals surface area contributed by atoms with Gasteiger partial charge >= 0.3 is 5.97 Å². The van der Waals surface area contributed by atoms with Gasteiger partial charge in [-0.2, -0.15) is 0 Å². The second-order valence-electron chi connectivity index (χ2n) is 5.34. The molecule has 0 heterocycles. The molecule has 136 valence electrons. The molecule has 1 amide bonds. The van der Waals surface area contributed by atoms with Crippen molar-refractivity contribution >= 4 is 23.6 Å². The van der Waals surface area contributed by atoms with Gasteiger partial charge in [0.15, 0.2) is 18.1 Å². The molecule has 0 aliphatic carbocycles. The van der Waals surface area contributed by atoms with Gasteiger partial charge in [0, 0.05) is 18.8 Å². The summed E-state index contributed by atoms with van der Waals surface area (Å²) in [6.45, 7) is -0.333. The number of nitrogens with zero attached hydrogens (tertiary/aromatic N) is 1. The van der Waals surface area contributed by atoms with Gasteiger partial charge in [0.05, 0.1) is 14.2 Å². The summed E-state index contributed by atoms with van der Waals surface area (Å²) in [5.41, 5.74) is 1.47. The van der Waals surface area contributed by atoms with Crippen LogP contribution in [0, 0.1) is 0 Å². The molecule has 0 radical (unpaired) electrons. The number of likely N-dealkylation sites (N-methyl/N-ethyl adjacent to an activating group) is 1. The fourth-order valence-electron chi connectivity index (χ4n) is 2.19. The van der Waals surface area contributed by atoms with E-state index in [9.17, 15) is 9.59 Å². The standard InChI is InChI=1S/C20H21NO5/c1-21(16-7-5-4-6-8-16)19(22)14-26-20(23)12-10-15-9-11-17(24-2)18(13-15)25-3/h4-13H,14H2,1-3H3/b12-10+. The van der Waals surface area contributed by atoms with Crippen molar-refractivity contribution < 1.29 is 23.8 Å². The van der Waals surface area contributed by atoms with Gasteiger partial charge in [-0.25, -0.2) is 4.79 Å². The van der Waals surface area contributed by atoms with Gasteiger partial charge in [-0.05, 0) is 35.9 Å². The smallest absolute Gasteiger partial charge is 0.331 e. The molecular formula is C20H21NO5. The van der Waals surface area contributed by atoms with Gasteiger partial charge in [0.2, 0.25) is 0 Å². The molecule has 0 spiro atoms. The number of hydrogen-bond acceptors (Lipinski definition) is 5. The van der Waals surface area contributed by atoms with Crippen molar-refractivity contribution in [1.29, 1.82) is 0 Å². The topological polar surface area (TPSA) is 65.1 Å². The van der Waals surface area contributed by atoms with E-state index >= 15 is 0 Å². The highest BCUT2D eigenvalue weighted by Gasteiger charge is 2.12. The zero-order chi connectivity index (χ0) is 18.9. The van der Waals surface area contributed by atoms with E-state index in [0.29, 0.717) is 11.5 Å². The van der Waals surface area contributed by atoms with Crippen LogP contribution in [0.3, 0.4) is 0 Å². The quantitative estimate of drug-likeness (QED) is 0.564. The van der Waals surface area contributed by atoms with Crippen LogP contribution in [0.2, 0.25) is 0 Å². The third-order valence-electron chi connectivity index (χ3n) is 3.67. The van der Waals surface area contributed by atoms with Crippen LogP contribution in [-0.2, 0) is 14.3 Å². The molecule has 6 nitrogen and oxygen atoms in total. The number of esters is 1. The van der Waals surface area contributed by atoms with E-state index in [4.69, 9.17) is 14.2 Å². The summed E-state index contributed by atoms with van der Waals surface area (Å²) in [6.07, 6.45) is 2.84. The lowest BCUT2D eigenvalue weighted by Gasteiger charge is -2.16. The molecular weight excluding hydrogens is 334 g/mol. The summed E-state index contributed by atoms with van der Waals surface area (Å²) in [5.74, 6) is 0.239. The van der Waals surface area contributed by atoms with Crippen LogP contribution in [0.1, 0.15) is 5.56 Å². The van der Waals surface area contributed by atoms with Crippen LogP contribution >= 0.6 is 0 Å². The number of carbonyl (C=O) groups is 2. The molecule has 0 aromatic heterocycles. The van der Waals surface area contributed by atoms with E-state index in [-0.39, 0.29) is 12.5 Å². The molecule has 0 bridgehead atoms. The van der Waals surface area contributed by atoms with Crippen molar-refractivity contribution in [3.05, 3.63) is 60.2 Å². The minimum absolute atomic E-state index is 0.316. The Balaban J connectivity index is 1.90. The first kappa shape index (κ1) is 19.1. The van der Waals surface area contributed by atoms with E-state index < -0.39 is 5.97 Å². The van der Waals surface area contributed by atoms with Crippen molar-refractivity contribution in [3.63, 3.8) is 0 Å². The normalized spacial score (nSPS) is 10.4. The predicted octanol–water partition coefficient (Wildman–Crippen LogP) is 2.92. The molecule has 0 N–H and O–H groups in total. The molecule has 0 unspecified atom stereocenters. The molecule has 0 aliphatic heterocycles. The third-order valence-corrected chi connectivity index (χ3v) is 3.67. The molecule has 6 heteroatoms. The van der Waals surface area contributed by atoms with Crippen LogP contribution in [0.15, 0.2) is 54.6 Å². The lowest BCUT2D eigenvalue weighted by atomic mass is 10.2. The number of amides is 1. The first-order chi connectivity index (χ1) is 12.5. The molecule has 26 heavy (non-hydrogen) atoms. The molecule has 0 fully saturated rings. The van der Waals surface area contributed by atoms with Gasteiger partial charge in [-0.3, -0.25) is 4.79 Å². The Hall–Kier alpha value is -3.28. The molecule has 0 atom stereocenters. The molecule has 2 aromatic carbocycles. The highest BCUT2D eigenvalue weighted by Crippen LogP contribution is 2.27. The summed E-state index contributed by atoms with van der Waals surface area (Å²) >= 11 is 0. The number of anilines is 1. The van der Waals surface area contributed by atoms with Gasteiger partial charge in [-0.1, -0.05) is 24.3 Å². The Bertz CT molecular complexity index is 786. The van der Waals surface area contributed by atoms with Crippen molar-refractivity contribution in [2.45, 2.75) is 0 Å². The van der Waals surface area contributed by atoms with Crippen LogP contribution in [0.4, 0.5) is 5.69 Å². The van der Waals surface area contributed by atoms with Crippen LogP contribution in [0.5, 0.6) is 11.5 Å². The molecule has 0 aliphatic rings. The highest BCUT2D eigenvalue weighted by atomic mass is 16.5. The Labute approximate surface area is 152 Å². The molecule has 2 rings (SSSR count). The van der Waals surface area contributed by atoms with Crippen molar-refractivity contribution in [3.8, 4) is 11.5 Å². The van der Waals surface area contributed by atoms with E-state index in [1.54, 1.807) is 50.6 Å². The number of para-hydroxylation sites is 1. The van der Waals surface area contributed by atoms with Crippen LogP contribution < -0.4 is 14.4 Å². The SMILES string of the molecule is COc1ccc(/C=C/C(=O)OCC(=O)N(C)c2ccccc2)cc1OC. The fourth-order valence-corrected chi connectivity index (χ4v) is 2.19. The summed E-state index contributed by atoms with van der Waals surface area (Å²) < 4.78 is 15.4. The van der Waals surface area contributed by atoms with Crippen molar-refractivity contribution in [1.82, 2.24) is 0 Å². The van der Waals surface area contributed by atoms with Gasteiger partial charge in [0.1, 0.15) is 0 Å². The Kier molecular flexibility index (Phi) is 6.79. The minimum atomic E-state index is -0.602. The average molecular weight is 355 g/mol. The third kappa shape index (κ3) is 5.11. The van der Waals surface area contributed by atoms with E-state index in [2.05, 4.69) is 0 Å². The van der Waals surface area contributed by atoms with E-state index in [1.807, 2.05) is 18.2 Å². The number of ether oxygens (including phenoxy) is 3. The monoisotopic (exact) mass is 355 g/mol. The number of benzene rings is 2. The Morgan fingerprint density at radius 3 is 2.35 bits per heavy atom. The molecule has 0 saturated carbocycles. The van der Waals surface area contributed by atoms with Crippen LogP contribution in [-0.4, -0.2) is 39.8 Å². The molecule has 0 saturated heterocycles. The first-order valence-corrected chi connectivity index (χ1v) is 7.93. The largest absolute Gasteiger partial charge is 0.493 e. The number of carbonyl (C=O) groups excluding carboxylic acids is 2. The number of methoxy groups -OCH3 is 2. The van der Waals surface area contributed by atoms with Crippen molar-refractivity contribution in [2.75, 3.05) is 32.8 Å². The lowest BCUT2D eigenvalue weighted by molar-refractivity contribution is -0.142. The predicted molar refractivity (Wildman–Crippen MR) is 99.4 cm³/mol. The Morgan fingerprint density at radius 2 is 1.69 bits per heavy atom. The second kappa shape index (κ2) is 9.27. The van der Waals surface area contributed by atoms with Gasteiger partial charge in [0.25, 0.3) is 5.91 Å². The fraction of sp³-hybridized carbons (Fsp3) is 0.200. The van der Waals surface area contributed by atoms with Crippen LogP contribution in [0.25, 0.3) is 6.08 Å². The average Bonchev–Trinajstić information content (AvgIpc) is 2.70. The first-order valence-electron chi connectivity index (χ1n) is 7.93. The summed E-state index contributed by atoms with van der Waals surface area (Å²) in [4.78, 5) is 25.3. The second-order valence-corrected chi connectivity index (χ2v) is 5.34. The zero-order valence-corrected chi connectivity index (χ0v) is 15.0. The number of rotatable bonds is 7. The summed E-state index contributed by atoms with van der Waals surface area (Å²) in [7, 11) is 4.72. The lowest BCUT2D eigenvalue weighted by Crippen LogP contribution is -2.30. The highest BCUT2D eigenvalue weighted by molar-refractivity contribution is 5.96. The van der Waals surface area contributed by atoms with E-state index in [0.717, 1.165) is 11.3 Å². The van der Waals surface area contributed by atoms with Gasteiger partial charge in [-0.15, -0.1) is 0 Å². The summed E-state index contributed by atoms with van der Waals surface area (Å²) in [5, 5.41) is 0. The maximum atomic E-state index is 12.1. The number of hydrogen-bond donors (Lipinski definition) is 0. The maximum Gasteiger partial charge on any atom is 0.331 e. The minimum Gasteiger partial charge on any atom is -0.493 e. The summed E-state index contributed by atoms with van der Waals surface area (Å²) in [6, 6.07) is 14.4. The van der Waals surface area contributed by atoms with Crippen molar-refractivity contribution in [2.24, 2.45) is 0 Å².